The number of aromatic nitrogens is 2. The summed E-state index contributed by atoms with van der Waals surface area (Å²) in [6.45, 7) is 4.30. The first-order valence-corrected chi connectivity index (χ1v) is 7.74. The Morgan fingerprint density at radius 2 is 2.17 bits per heavy atom. The first-order chi connectivity index (χ1) is 8.41. The topological polar surface area (TPSA) is 75.2 Å². The molecule has 1 aromatic heterocycles. The fourth-order valence-corrected chi connectivity index (χ4v) is 3.71. The van der Waals surface area contributed by atoms with E-state index < -0.39 is 9.84 Å². The molecule has 1 unspecified atom stereocenters. The molecule has 1 aliphatic rings. The summed E-state index contributed by atoms with van der Waals surface area (Å²) in [5.41, 5.74) is 0.866. The maximum atomic E-state index is 11.6. The van der Waals surface area contributed by atoms with E-state index in [0.29, 0.717) is 12.5 Å². The van der Waals surface area contributed by atoms with E-state index in [4.69, 9.17) is 0 Å². The van der Waals surface area contributed by atoms with Crippen LogP contribution in [-0.4, -0.2) is 49.5 Å². The zero-order valence-electron chi connectivity index (χ0n) is 10.8. The van der Waals surface area contributed by atoms with E-state index in [1.165, 1.54) is 0 Å². The lowest BCUT2D eigenvalue weighted by Gasteiger charge is -2.34. The largest absolute Gasteiger partial charge is 0.357 e. The van der Waals surface area contributed by atoms with Crippen LogP contribution in [0.4, 0.5) is 11.8 Å². The summed E-state index contributed by atoms with van der Waals surface area (Å²) in [4.78, 5) is 10.6. The molecule has 1 atom stereocenters. The summed E-state index contributed by atoms with van der Waals surface area (Å²) in [6, 6.07) is 1.83. The van der Waals surface area contributed by atoms with Crippen molar-refractivity contribution < 1.29 is 8.42 Å². The van der Waals surface area contributed by atoms with Crippen LogP contribution >= 0.6 is 0 Å². The zero-order valence-corrected chi connectivity index (χ0v) is 11.7. The van der Waals surface area contributed by atoms with Gasteiger partial charge in [0.1, 0.15) is 5.82 Å². The van der Waals surface area contributed by atoms with Crippen molar-refractivity contribution in [2.75, 3.05) is 35.3 Å². The van der Waals surface area contributed by atoms with Gasteiger partial charge in [0.25, 0.3) is 0 Å². The molecule has 18 heavy (non-hydrogen) atoms. The molecule has 1 saturated heterocycles. The monoisotopic (exact) mass is 270 g/mol. The molecule has 0 aliphatic carbocycles. The number of nitrogens with zero attached hydrogens (tertiary/aromatic N) is 3. The molecule has 2 heterocycles. The Hall–Kier alpha value is -1.37. The molecule has 1 fully saturated rings. The van der Waals surface area contributed by atoms with E-state index in [9.17, 15) is 8.42 Å². The fraction of sp³-hybridized carbons (Fsp3) is 0.636. The van der Waals surface area contributed by atoms with Crippen molar-refractivity contribution in [3.63, 3.8) is 0 Å². The number of nitrogens with one attached hydrogen (secondary N) is 1. The minimum atomic E-state index is -2.90. The Morgan fingerprint density at radius 3 is 2.78 bits per heavy atom. The lowest BCUT2D eigenvalue weighted by atomic mass is 10.3. The lowest BCUT2D eigenvalue weighted by Crippen LogP contribution is -2.47. The maximum Gasteiger partial charge on any atom is 0.224 e. The summed E-state index contributed by atoms with van der Waals surface area (Å²) in [6.07, 6.45) is 0. The summed E-state index contributed by atoms with van der Waals surface area (Å²) in [7, 11) is -1.13. The highest BCUT2D eigenvalue weighted by Crippen LogP contribution is 2.21. The summed E-state index contributed by atoms with van der Waals surface area (Å²) in [5, 5.41) is 2.91. The number of sulfone groups is 1. The molecule has 1 aliphatic heterocycles. The summed E-state index contributed by atoms with van der Waals surface area (Å²) in [5.74, 6) is 1.72. The van der Waals surface area contributed by atoms with Crippen molar-refractivity contribution in [3.05, 3.63) is 11.8 Å². The van der Waals surface area contributed by atoms with Crippen molar-refractivity contribution >= 4 is 21.6 Å². The molecule has 0 amide bonds. The second-order valence-electron chi connectivity index (χ2n) is 4.60. The third-order valence-corrected chi connectivity index (χ3v) is 4.82. The Kier molecular flexibility index (Phi) is 3.43. The normalized spacial score (nSPS) is 22.8. The van der Waals surface area contributed by atoms with Gasteiger partial charge in [-0.05, 0) is 13.8 Å². The Bertz CT molecular complexity index is 544. The van der Waals surface area contributed by atoms with Crippen molar-refractivity contribution in [3.8, 4) is 0 Å². The number of rotatable bonds is 2. The van der Waals surface area contributed by atoms with Crippen LogP contribution in [0.1, 0.15) is 12.6 Å². The van der Waals surface area contributed by atoms with E-state index in [-0.39, 0.29) is 17.5 Å². The molecular weight excluding hydrogens is 252 g/mol. The lowest BCUT2D eigenvalue weighted by molar-refractivity contribution is 0.566. The Labute approximate surface area is 107 Å². The molecule has 6 nitrogen and oxygen atoms in total. The third kappa shape index (κ3) is 2.72. The van der Waals surface area contributed by atoms with Gasteiger partial charge >= 0.3 is 0 Å². The summed E-state index contributed by atoms with van der Waals surface area (Å²) < 4.78 is 23.1. The molecule has 1 N–H and O–H groups in total. The van der Waals surface area contributed by atoms with Gasteiger partial charge in [-0.3, -0.25) is 0 Å². The van der Waals surface area contributed by atoms with E-state index >= 15 is 0 Å². The minimum Gasteiger partial charge on any atom is -0.357 e. The van der Waals surface area contributed by atoms with Crippen LogP contribution in [0, 0.1) is 6.92 Å². The van der Waals surface area contributed by atoms with Crippen LogP contribution < -0.4 is 10.2 Å². The second-order valence-corrected chi connectivity index (χ2v) is 6.83. The molecule has 0 saturated carbocycles. The van der Waals surface area contributed by atoms with Crippen molar-refractivity contribution in [2.24, 2.45) is 0 Å². The highest BCUT2D eigenvalue weighted by atomic mass is 32.2. The quantitative estimate of drug-likeness (QED) is 0.841. The molecule has 2 rings (SSSR count). The number of aryl methyl sites for hydroxylation is 1. The van der Waals surface area contributed by atoms with Gasteiger partial charge in [-0.2, -0.15) is 4.98 Å². The third-order valence-electron chi connectivity index (χ3n) is 3.03. The average molecular weight is 270 g/mol. The van der Waals surface area contributed by atoms with Gasteiger partial charge < -0.3 is 10.2 Å². The molecule has 100 valence electrons. The van der Waals surface area contributed by atoms with Crippen LogP contribution in [0.15, 0.2) is 6.07 Å². The van der Waals surface area contributed by atoms with E-state index in [0.717, 1.165) is 11.5 Å². The van der Waals surface area contributed by atoms with Crippen molar-refractivity contribution in [1.29, 1.82) is 0 Å². The Morgan fingerprint density at radius 1 is 1.44 bits per heavy atom. The van der Waals surface area contributed by atoms with Crippen LogP contribution in [-0.2, 0) is 9.84 Å². The van der Waals surface area contributed by atoms with Gasteiger partial charge in [-0.25, -0.2) is 13.4 Å². The average Bonchev–Trinajstić information content (AvgIpc) is 2.26. The predicted octanol–water partition coefficient (Wildman–Crippen LogP) is 0.450. The van der Waals surface area contributed by atoms with Gasteiger partial charge in [0, 0.05) is 31.4 Å². The second kappa shape index (κ2) is 4.72. The SMILES string of the molecule is CNc1nc(C)cc(N2CCS(=O)(=O)CC2C)n1. The minimum absolute atomic E-state index is 0.0530. The highest BCUT2D eigenvalue weighted by Gasteiger charge is 2.29. The number of anilines is 2. The number of hydrogen-bond donors (Lipinski definition) is 1. The van der Waals surface area contributed by atoms with Crippen molar-refractivity contribution in [1.82, 2.24) is 9.97 Å². The van der Waals surface area contributed by atoms with Crippen LogP contribution in [0.5, 0.6) is 0 Å². The molecule has 0 bridgehead atoms. The smallest absolute Gasteiger partial charge is 0.224 e. The standard InChI is InChI=1S/C11H18N4O2S/c1-8-6-10(14-11(12-3)13-8)15-4-5-18(16,17)7-9(15)2/h6,9H,4-5,7H2,1-3H3,(H,12,13,14). The maximum absolute atomic E-state index is 11.6. The predicted molar refractivity (Wildman–Crippen MR) is 71.8 cm³/mol. The molecule has 0 aromatic carbocycles. The fourth-order valence-electron chi connectivity index (χ4n) is 2.15. The van der Waals surface area contributed by atoms with Crippen molar-refractivity contribution in [2.45, 2.75) is 19.9 Å². The molecule has 0 spiro atoms. The van der Waals surface area contributed by atoms with Gasteiger partial charge in [0.2, 0.25) is 5.95 Å². The molecular formula is C11H18N4O2S. The van der Waals surface area contributed by atoms with Gasteiger partial charge in [0.05, 0.1) is 11.5 Å². The number of hydrogen-bond acceptors (Lipinski definition) is 6. The molecule has 1 aromatic rings. The first-order valence-electron chi connectivity index (χ1n) is 5.92. The van der Waals surface area contributed by atoms with Gasteiger partial charge in [0.15, 0.2) is 9.84 Å². The van der Waals surface area contributed by atoms with Crippen LogP contribution in [0.3, 0.4) is 0 Å². The molecule has 0 radical (unpaired) electrons. The van der Waals surface area contributed by atoms with Gasteiger partial charge in [-0.1, -0.05) is 0 Å². The highest BCUT2D eigenvalue weighted by molar-refractivity contribution is 7.91. The van der Waals surface area contributed by atoms with E-state index in [2.05, 4.69) is 15.3 Å². The van der Waals surface area contributed by atoms with Crippen LogP contribution in [0.2, 0.25) is 0 Å². The van der Waals surface area contributed by atoms with E-state index in [1.54, 1.807) is 7.05 Å². The zero-order chi connectivity index (χ0) is 13.3. The molecule has 7 heteroatoms. The van der Waals surface area contributed by atoms with Gasteiger partial charge in [-0.15, -0.1) is 0 Å². The van der Waals surface area contributed by atoms with E-state index in [1.807, 2.05) is 24.8 Å². The summed E-state index contributed by atoms with van der Waals surface area (Å²) >= 11 is 0. The Balaban J connectivity index is 2.29. The first kappa shape index (κ1) is 13.1. The van der Waals surface area contributed by atoms with Crippen LogP contribution in [0.25, 0.3) is 0 Å².